The summed E-state index contributed by atoms with van der Waals surface area (Å²) in [6.07, 6.45) is 11.4. The lowest BCUT2D eigenvalue weighted by molar-refractivity contribution is -0.0281. The van der Waals surface area contributed by atoms with Crippen molar-refractivity contribution >= 4 is 47.3 Å². The Balaban J connectivity index is 1.63. The fourth-order valence-corrected chi connectivity index (χ4v) is 4.87. The lowest BCUT2D eigenvalue weighted by Gasteiger charge is -2.24. The van der Waals surface area contributed by atoms with Crippen molar-refractivity contribution in [2.45, 2.75) is 83.4 Å². The molecule has 0 amide bonds. The van der Waals surface area contributed by atoms with Gasteiger partial charge in [-0.05, 0) is 19.8 Å². The van der Waals surface area contributed by atoms with Crippen molar-refractivity contribution in [2.24, 2.45) is 5.92 Å². The van der Waals surface area contributed by atoms with E-state index in [0.717, 1.165) is 42.6 Å². The minimum absolute atomic E-state index is 0.0898. The molecular weight excluding hydrogens is 480 g/mol. The van der Waals surface area contributed by atoms with Gasteiger partial charge in [0.15, 0.2) is 5.65 Å². The van der Waals surface area contributed by atoms with Crippen molar-refractivity contribution < 1.29 is 9.47 Å². The zero-order valence-electron chi connectivity index (χ0n) is 17.3. The van der Waals surface area contributed by atoms with Crippen LogP contribution in [0.4, 0.5) is 5.95 Å². The van der Waals surface area contributed by atoms with E-state index in [4.69, 9.17) is 9.47 Å². The average Bonchev–Trinajstić information content (AvgIpc) is 3.29. The Morgan fingerprint density at radius 2 is 2.07 bits per heavy atom. The molecule has 0 saturated carbocycles. The average molecular weight is 510 g/mol. The van der Waals surface area contributed by atoms with Gasteiger partial charge in [-0.15, -0.1) is 0 Å². The zero-order chi connectivity index (χ0) is 20.2. The summed E-state index contributed by atoms with van der Waals surface area (Å²) in [5.74, 6) is 0.875. The Bertz CT molecular complexity index is 820. The number of fused-ring (bicyclic) bond motifs is 2. The largest absolute Gasteiger partial charge is 0.375 e. The molecule has 2 aromatic rings. The number of imidazole rings is 1. The molecule has 2 aliphatic heterocycles. The van der Waals surface area contributed by atoms with Crippen LogP contribution in [0, 0.1) is 12.8 Å². The predicted octanol–water partition coefficient (Wildman–Crippen LogP) is 4.71. The van der Waals surface area contributed by atoms with E-state index < -0.39 is 0 Å². The molecule has 29 heavy (non-hydrogen) atoms. The third-order valence-corrected chi connectivity index (χ3v) is 6.64. The summed E-state index contributed by atoms with van der Waals surface area (Å²) in [6.45, 7) is 5.02. The minimum atomic E-state index is -0.116. The Labute approximate surface area is 187 Å². The molecule has 4 atom stereocenters. The molecule has 2 saturated heterocycles. The van der Waals surface area contributed by atoms with Crippen LogP contribution in [-0.2, 0) is 9.47 Å². The summed E-state index contributed by atoms with van der Waals surface area (Å²) in [5.41, 5.74) is 2.52. The van der Waals surface area contributed by atoms with Crippen molar-refractivity contribution in [2.75, 3.05) is 10.1 Å². The van der Waals surface area contributed by atoms with Crippen molar-refractivity contribution in [1.29, 1.82) is 0 Å². The van der Waals surface area contributed by atoms with Crippen molar-refractivity contribution in [3.63, 3.8) is 0 Å². The maximum atomic E-state index is 6.62. The van der Waals surface area contributed by atoms with Gasteiger partial charge in [0.1, 0.15) is 19.0 Å². The van der Waals surface area contributed by atoms with Gasteiger partial charge < -0.3 is 9.47 Å². The van der Waals surface area contributed by atoms with Crippen LogP contribution in [0.25, 0.3) is 11.2 Å². The summed E-state index contributed by atoms with van der Waals surface area (Å²) >= 11 is 2.06. The molecule has 1 radical (unpaired) electrons. The third-order valence-electron chi connectivity index (χ3n) is 6.16. The first kappa shape index (κ1) is 21.3. The smallest absolute Gasteiger partial charge is 0.233 e. The van der Waals surface area contributed by atoms with E-state index in [1.807, 2.05) is 13.3 Å². The van der Waals surface area contributed by atoms with Crippen LogP contribution in [0.2, 0.25) is 12.6 Å². The number of ether oxygens (including phenoxy) is 2. The normalized spacial score (nSPS) is 28.9. The molecule has 2 aromatic heterocycles. The molecule has 0 unspecified atom stereocenters. The Morgan fingerprint density at radius 3 is 2.90 bits per heavy atom. The van der Waals surface area contributed by atoms with Crippen LogP contribution in [0.3, 0.4) is 0 Å². The number of nitrogens with zero attached hydrogens (tertiary/aromatic N) is 4. The summed E-state index contributed by atoms with van der Waals surface area (Å²) in [4.78, 5) is 13.7. The Morgan fingerprint density at radius 1 is 1.24 bits per heavy atom. The van der Waals surface area contributed by atoms with E-state index in [0.29, 0.717) is 5.95 Å². The van der Waals surface area contributed by atoms with Gasteiger partial charge in [-0.3, -0.25) is 8.10 Å². The number of aromatic nitrogens is 4. The van der Waals surface area contributed by atoms with Crippen LogP contribution in [0.1, 0.15) is 57.4 Å². The third kappa shape index (κ3) is 4.56. The van der Waals surface area contributed by atoms with E-state index in [2.05, 4.69) is 60.1 Å². The van der Waals surface area contributed by atoms with E-state index >= 15 is 0 Å². The van der Waals surface area contributed by atoms with Gasteiger partial charge in [0.05, 0.1) is 47.1 Å². The van der Waals surface area contributed by atoms with Gasteiger partial charge >= 0.3 is 0 Å². The quantitative estimate of drug-likeness (QED) is 0.367. The zero-order valence-corrected chi connectivity index (χ0v) is 19.5. The molecule has 0 bridgehead atoms. The van der Waals surface area contributed by atoms with Gasteiger partial charge in [-0.2, -0.15) is 4.98 Å². The summed E-state index contributed by atoms with van der Waals surface area (Å²) in [6, 6.07) is 0. The van der Waals surface area contributed by atoms with Gasteiger partial charge in [-0.1, -0.05) is 45.2 Å². The second-order valence-corrected chi connectivity index (χ2v) is 8.64. The second-order valence-electron chi connectivity index (χ2n) is 8.10. The lowest BCUT2D eigenvalue weighted by atomic mass is 9.66. The van der Waals surface area contributed by atoms with Crippen LogP contribution < -0.4 is 3.53 Å². The number of hydrogen-bond acceptors (Lipinski definition) is 6. The summed E-state index contributed by atoms with van der Waals surface area (Å²) in [5, 5.41) is 0. The summed E-state index contributed by atoms with van der Waals surface area (Å²) < 4.78 is 18.2. The van der Waals surface area contributed by atoms with Crippen LogP contribution in [-0.4, -0.2) is 45.6 Å². The standard InChI is InChI=1S/C20H30BIN5O2/c1-3-14-17-15(11-21-9-7-5-4-6-8-10-28-17)29-19(14)27-12-23-16-13(2)24-20(26-22)25-18(16)27/h12,14-15,17,19H,3-11H2,1-2H3,(H,24,25,26)/t14-,15+,17-,19+/m0/s1. The predicted molar refractivity (Wildman–Crippen MR) is 124 cm³/mol. The molecule has 0 aromatic carbocycles. The molecule has 9 heteroatoms. The molecule has 1 N–H and O–H groups in total. The van der Waals surface area contributed by atoms with Gasteiger partial charge in [-0.25, -0.2) is 9.97 Å². The van der Waals surface area contributed by atoms with Gasteiger partial charge in [0.2, 0.25) is 5.95 Å². The molecular formula is C20H30BIN5O2. The van der Waals surface area contributed by atoms with Crippen LogP contribution in [0.15, 0.2) is 6.33 Å². The highest BCUT2D eigenvalue weighted by atomic mass is 127. The molecule has 0 spiro atoms. The first-order valence-corrected chi connectivity index (χ1v) is 12.0. The molecule has 4 heterocycles. The van der Waals surface area contributed by atoms with Gasteiger partial charge in [0.25, 0.3) is 0 Å². The molecule has 157 valence electrons. The molecule has 7 nitrogen and oxygen atoms in total. The fraction of sp³-hybridized carbons (Fsp3) is 0.750. The van der Waals surface area contributed by atoms with Crippen molar-refractivity contribution in [3.8, 4) is 0 Å². The molecule has 4 rings (SSSR count). The van der Waals surface area contributed by atoms with E-state index in [9.17, 15) is 0 Å². The lowest BCUT2D eigenvalue weighted by Crippen LogP contribution is -2.31. The highest BCUT2D eigenvalue weighted by molar-refractivity contribution is 14.1. The maximum absolute atomic E-state index is 6.62. The van der Waals surface area contributed by atoms with Crippen LogP contribution >= 0.6 is 22.9 Å². The second kappa shape index (κ2) is 9.91. The molecule has 2 fully saturated rings. The number of hydrogen-bond donors (Lipinski definition) is 1. The summed E-state index contributed by atoms with van der Waals surface area (Å²) in [7, 11) is 2.40. The Kier molecular flexibility index (Phi) is 7.28. The SMILES string of the molecule is CC[C@H]1[C@@H]2OCCCCCCC[B]C[C@H]2O[C@H]1n1cnc2c(C)nc(NI)nc21. The number of rotatable bonds is 3. The van der Waals surface area contributed by atoms with Gasteiger partial charge in [0, 0.05) is 12.5 Å². The first-order valence-electron chi connectivity index (χ1n) is 10.9. The highest BCUT2D eigenvalue weighted by Gasteiger charge is 2.45. The number of nitrogens with one attached hydrogen (secondary N) is 1. The van der Waals surface area contributed by atoms with E-state index in [1.54, 1.807) is 0 Å². The monoisotopic (exact) mass is 510 g/mol. The number of halogens is 1. The Hall–Kier alpha value is -0.935. The minimum Gasteiger partial charge on any atom is -0.375 e. The van der Waals surface area contributed by atoms with Crippen LogP contribution in [0.5, 0.6) is 0 Å². The number of anilines is 1. The van der Waals surface area contributed by atoms with Crippen molar-refractivity contribution in [3.05, 3.63) is 12.0 Å². The van der Waals surface area contributed by atoms with E-state index in [1.165, 1.54) is 32.0 Å². The van der Waals surface area contributed by atoms with Crippen molar-refractivity contribution in [1.82, 2.24) is 19.5 Å². The fourth-order valence-electron chi connectivity index (χ4n) is 4.63. The topological polar surface area (TPSA) is 74.1 Å². The molecule has 0 aliphatic carbocycles. The highest BCUT2D eigenvalue weighted by Crippen LogP contribution is 2.41. The number of aryl methyl sites for hydroxylation is 1. The molecule has 2 aliphatic rings. The maximum Gasteiger partial charge on any atom is 0.233 e. The first-order chi connectivity index (χ1) is 14.2. The van der Waals surface area contributed by atoms with E-state index in [-0.39, 0.29) is 24.4 Å².